The summed E-state index contributed by atoms with van der Waals surface area (Å²) in [7, 11) is 3.46. The molecule has 0 radical (unpaired) electrons. The molecule has 0 fully saturated rings. The Balaban J connectivity index is 2.43. The minimum atomic E-state index is -0.151. The third-order valence-electron chi connectivity index (χ3n) is 3.37. The topological polar surface area (TPSA) is 56.1 Å². The second-order valence-electron chi connectivity index (χ2n) is 4.79. The maximum absolute atomic E-state index is 12.7. The molecule has 0 atom stereocenters. The number of hydrogen-bond donors (Lipinski definition) is 1. The lowest BCUT2D eigenvalue weighted by Crippen LogP contribution is -2.27. The van der Waals surface area contributed by atoms with Gasteiger partial charge in [0, 0.05) is 19.8 Å². The highest BCUT2D eigenvalue weighted by Gasteiger charge is 2.18. The number of aryl methyl sites for hydroxylation is 1. The average molecular weight is 279 g/mol. The van der Waals surface area contributed by atoms with E-state index in [4.69, 9.17) is 5.26 Å². The van der Waals surface area contributed by atoms with E-state index < -0.39 is 0 Å². The van der Waals surface area contributed by atoms with Gasteiger partial charge in [-0.25, -0.2) is 0 Å². The van der Waals surface area contributed by atoms with Crippen LogP contribution in [-0.4, -0.2) is 20.0 Å². The van der Waals surface area contributed by atoms with Crippen molar-refractivity contribution in [3.8, 4) is 6.07 Å². The first-order valence-corrected chi connectivity index (χ1v) is 6.64. The molecule has 0 bridgehead atoms. The molecule has 0 saturated carbocycles. The predicted octanol–water partition coefficient (Wildman–Crippen LogP) is 3.19. The summed E-state index contributed by atoms with van der Waals surface area (Å²) < 4.78 is 0. The van der Waals surface area contributed by atoms with Crippen molar-refractivity contribution in [3.05, 3.63) is 59.2 Å². The van der Waals surface area contributed by atoms with Gasteiger partial charge in [-0.1, -0.05) is 18.2 Å². The SMILES string of the molecule is CNc1cc(C)ccc1C(=O)N(C)c1ccccc1C#N. The highest BCUT2D eigenvalue weighted by atomic mass is 16.2. The molecule has 2 aromatic carbocycles. The van der Waals surface area contributed by atoms with Crippen LogP contribution in [0.3, 0.4) is 0 Å². The van der Waals surface area contributed by atoms with Gasteiger partial charge in [-0.15, -0.1) is 0 Å². The van der Waals surface area contributed by atoms with E-state index in [0.717, 1.165) is 11.3 Å². The fourth-order valence-corrected chi connectivity index (χ4v) is 2.20. The molecule has 4 nitrogen and oxygen atoms in total. The Labute approximate surface area is 124 Å². The van der Waals surface area contributed by atoms with Gasteiger partial charge in [0.15, 0.2) is 0 Å². The van der Waals surface area contributed by atoms with Crippen LogP contribution in [0, 0.1) is 18.3 Å². The third-order valence-corrected chi connectivity index (χ3v) is 3.37. The van der Waals surface area contributed by atoms with Gasteiger partial charge in [-0.05, 0) is 36.8 Å². The zero-order valence-electron chi connectivity index (χ0n) is 12.3. The van der Waals surface area contributed by atoms with E-state index in [-0.39, 0.29) is 5.91 Å². The summed E-state index contributed by atoms with van der Waals surface area (Å²) >= 11 is 0. The van der Waals surface area contributed by atoms with Gasteiger partial charge in [0.2, 0.25) is 0 Å². The first-order chi connectivity index (χ1) is 10.1. The van der Waals surface area contributed by atoms with Crippen LogP contribution in [0.15, 0.2) is 42.5 Å². The van der Waals surface area contributed by atoms with Crippen molar-refractivity contribution < 1.29 is 4.79 Å². The highest BCUT2D eigenvalue weighted by Crippen LogP contribution is 2.24. The first-order valence-electron chi connectivity index (χ1n) is 6.64. The lowest BCUT2D eigenvalue weighted by Gasteiger charge is -2.20. The van der Waals surface area contributed by atoms with E-state index in [1.54, 1.807) is 38.4 Å². The van der Waals surface area contributed by atoms with Crippen LogP contribution in [0.2, 0.25) is 0 Å². The fraction of sp³-hybridized carbons (Fsp3) is 0.176. The van der Waals surface area contributed by atoms with E-state index in [2.05, 4.69) is 11.4 Å². The zero-order valence-corrected chi connectivity index (χ0v) is 12.3. The van der Waals surface area contributed by atoms with E-state index >= 15 is 0 Å². The molecule has 4 heteroatoms. The van der Waals surface area contributed by atoms with Crippen LogP contribution in [0.4, 0.5) is 11.4 Å². The molecule has 0 saturated heterocycles. The molecule has 0 spiro atoms. The number of nitriles is 1. The smallest absolute Gasteiger partial charge is 0.260 e. The minimum absolute atomic E-state index is 0.151. The van der Waals surface area contributed by atoms with Crippen molar-refractivity contribution in [2.45, 2.75) is 6.92 Å². The summed E-state index contributed by atoms with van der Waals surface area (Å²) in [5.41, 5.74) is 3.52. The molecule has 106 valence electrons. The molecule has 0 heterocycles. The number of nitrogens with one attached hydrogen (secondary N) is 1. The highest BCUT2D eigenvalue weighted by molar-refractivity contribution is 6.09. The Bertz CT molecular complexity index is 716. The van der Waals surface area contributed by atoms with Crippen molar-refractivity contribution in [2.75, 3.05) is 24.3 Å². The van der Waals surface area contributed by atoms with Crippen LogP contribution in [-0.2, 0) is 0 Å². The molecule has 21 heavy (non-hydrogen) atoms. The van der Waals surface area contributed by atoms with Gasteiger partial charge >= 0.3 is 0 Å². The lowest BCUT2D eigenvalue weighted by atomic mass is 10.1. The molecule has 2 aromatic rings. The Morgan fingerprint density at radius 3 is 2.62 bits per heavy atom. The Hall–Kier alpha value is -2.80. The molecule has 1 amide bonds. The van der Waals surface area contributed by atoms with E-state index in [9.17, 15) is 4.79 Å². The van der Waals surface area contributed by atoms with Crippen LogP contribution in [0.5, 0.6) is 0 Å². The number of para-hydroxylation sites is 1. The normalized spacial score (nSPS) is 9.81. The average Bonchev–Trinajstić information content (AvgIpc) is 2.53. The van der Waals surface area contributed by atoms with Crippen molar-refractivity contribution in [1.82, 2.24) is 0 Å². The summed E-state index contributed by atoms with van der Waals surface area (Å²) in [6, 6.07) is 14.8. The van der Waals surface area contributed by atoms with Gasteiger partial charge < -0.3 is 10.2 Å². The van der Waals surface area contributed by atoms with E-state index in [1.165, 1.54) is 4.90 Å². The summed E-state index contributed by atoms with van der Waals surface area (Å²) in [6.45, 7) is 1.98. The number of rotatable bonds is 3. The molecular formula is C17H17N3O. The molecule has 0 aliphatic rings. The number of hydrogen-bond acceptors (Lipinski definition) is 3. The van der Waals surface area contributed by atoms with Gasteiger partial charge in [0.1, 0.15) is 6.07 Å². The van der Waals surface area contributed by atoms with Gasteiger partial charge in [-0.3, -0.25) is 4.79 Å². The van der Waals surface area contributed by atoms with Crippen molar-refractivity contribution in [1.29, 1.82) is 5.26 Å². The van der Waals surface area contributed by atoms with Crippen molar-refractivity contribution in [3.63, 3.8) is 0 Å². The van der Waals surface area contributed by atoms with Crippen LogP contribution in [0.25, 0.3) is 0 Å². The number of carbonyl (C=O) groups is 1. The molecule has 1 N–H and O–H groups in total. The fourth-order valence-electron chi connectivity index (χ4n) is 2.20. The molecule has 0 aliphatic carbocycles. The summed E-state index contributed by atoms with van der Waals surface area (Å²) in [5, 5.41) is 12.2. The number of amides is 1. The quantitative estimate of drug-likeness (QED) is 0.938. The van der Waals surface area contributed by atoms with Gasteiger partial charge in [0.25, 0.3) is 5.91 Å². The lowest BCUT2D eigenvalue weighted by molar-refractivity contribution is 0.0993. The summed E-state index contributed by atoms with van der Waals surface area (Å²) in [4.78, 5) is 14.2. The number of nitrogens with zero attached hydrogens (tertiary/aromatic N) is 2. The maximum atomic E-state index is 12.7. The van der Waals surface area contributed by atoms with Crippen LogP contribution in [0.1, 0.15) is 21.5 Å². The molecular weight excluding hydrogens is 262 g/mol. The predicted molar refractivity (Wildman–Crippen MR) is 84.6 cm³/mol. The monoisotopic (exact) mass is 279 g/mol. The third kappa shape index (κ3) is 2.87. The molecule has 0 unspecified atom stereocenters. The zero-order chi connectivity index (χ0) is 15.4. The first kappa shape index (κ1) is 14.6. The number of benzene rings is 2. The number of anilines is 2. The Morgan fingerprint density at radius 1 is 1.24 bits per heavy atom. The standard InChI is InChI=1S/C17H17N3O/c1-12-8-9-14(15(10-12)19-2)17(21)20(3)16-7-5-4-6-13(16)11-18/h4-10,19H,1-3H3. The molecule has 0 aliphatic heterocycles. The summed E-state index contributed by atoms with van der Waals surface area (Å²) in [6.07, 6.45) is 0. The van der Waals surface area contributed by atoms with Crippen LogP contribution < -0.4 is 10.2 Å². The van der Waals surface area contributed by atoms with Gasteiger partial charge in [-0.2, -0.15) is 5.26 Å². The van der Waals surface area contributed by atoms with E-state index in [0.29, 0.717) is 16.8 Å². The maximum Gasteiger partial charge on any atom is 0.260 e. The Kier molecular flexibility index (Phi) is 4.24. The molecule has 2 rings (SSSR count). The molecule has 0 aromatic heterocycles. The largest absolute Gasteiger partial charge is 0.387 e. The van der Waals surface area contributed by atoms with Gasteiger partial charge in [0.05, 0.1) is 16.8 Å². The Morgan fingerprint density at radius 2 is 1.95 bits per heavy atom. The number of carbonyl (C=O) groups excluding carboxylic acids is 1. The second kappa shape index (κ2) is 6.10. The second-order valence-corrected chi connectivity index (χ2v) is 4.79. The summed E-state index contributed by atoms with van der Waals surface area (Å²) in [5.74, 6) is -0.151. The van der Waals surface area contributed by atoms with Crippen molar-refractivity contribution >= 4 is 17.3 Å². The van der Waals surface area contributed by atoms with Crippen LogP contribution >= 0.6 is 0 Å². The minimum Gasteiger partial charge on any atom is -0.387 e. The van der Waals surface area contributed by atoms with E-state index in [1.807, 2.05) is 25.1 Å². The van der Waals surface area contributed by atoms with Crippen molar-refractivity contribution in [2.24, 2.45) is 0 Å².